The molecule has 0 N–H and O–H groups in total. The van der Waals surface area contributed by atoms with Crippen molar-refractivity contribution in [1.82, 2.24) is 0 Å². The van der Waals surface area contributed by atoms with Crippen molar-refractivity contribution in [3.05, 3.63) is 440 Å². The molecule has 0 saturated carbocycles. The molecule has 0 fully saturated rings. The van der Waals surface area contributed by atoms with Gasteiger partial charge in [-0.3, -0.25) is 0 Å². The molecule has 20 rings (SSSR count). The SMILES string of the molecule is CC(C)(C)c1cc2c([c-]c1-c1ccccc1)Cc1cc(-c3ccccc3)c(C(C)(C)C)cc1-2.Cl.Cl.Clc1cccc2c([C](=[Zr+2])c3cccc4c(Cl)cccc34)cccc12.Clc1cccc2c([C](=[Zr+2])c3cccc4c(Cl)cccc34)cccc12.[c-]1cccc2c1c1c(c3ccccc32)-c2ccccc2C1.c1cc[cH-]c1.c1cc[cH-]c1. The Labute approximate surface area is 732 Å². The Hall–Kier alpha value is -8.97. The number of hydrogen-bond donors (Lipinski definition) is 0. The minimum atomic E-state index is 0. The van der Waals surface area contributed by atoms with Gasteiger partial charge in [0.2, 0.25) is 0 Å². The van der Waals surface area contributed by atoms with Crippen molar-refractivity contribution < 1.29 is 48.5 Å². The van der Waals surface area contributed by atoms with E-state index >= 15 is 0 Å². The Bertz CT molecular complexity index is 5970. The minimum absolute atomic E-state index is 0. The van der Waals surface area contributed by atoms with Crippen molar-refractivity contribution in [3.8, 4) is 44.5 Å². The molecule has 0 atom stereocenters. The zero-order valence-electron chi connectivity index (χ0n) is 64.2. The third-order valence-electron chi connectivity index (χ3n) is 21.1. The van der Waals surface area contributed by atoms with Gasteiger partial charge in [0, 0.05) is 0 Å². The fourth-order valence-corrected chi connectivity index (χ4v) is 18.8. The van der Waals surface area contributed by atoms with Crippen LogP contribution in [0.25, 0.3) is 109 Å². The van der Waals surface area contributed by atoms with Gasteiger partial charge >= 0.3 is 332 Å². The maximum Gasteiger partial charge on any atom is -0.0240 e. The molecule has 18 aromatic carbocycles. The van der Waals surface area contributed by atoms with Gasteiger partial charge in [-0.25, -0.2) is 24.3 Å². The van der Waals surface area contributed by atoms with E-state index in [0.717, 1.165) is 54.5 Å². The number of hydrogen-bond acceptors (Lipinski definition) is 0. The molecule has 0 heterocycles. The first-order valence-corrected chi connectivity index (χ1v) is 41.9. The van der Waals surface area contributed by atoms with Crippen molar-refractivity contribution in [2.24, 2.45) is 0 Å². The van der Waals surface area contributed by atoms with Crippen LogP contribution in [0, 0.1) is 12.1 Å². The van der Waals surface area contributed by atoms with E-state index < -0.39 is 0 Å². The fourth-order valence-electron chi connectivity index (χ4n) is 15.7. The van der Waals surface area contributed by atoms with Gasteiger partial charge in [-0.05, 0) is 68.0 Å². The minimum Gasteiger partial charge on any atom is -0.214 e. The molecular weight excluding hydrogens is 1670 g/mol. The largest absolute Gasteiger partial charge is 0.214 e. The summed E-state index contributed by atoms with van der Waals surface area (Å²) in [5.74, 6) is 0. The van der Waals surface area contributed by atoms with Crippen LogP contribution in [0.1, 0.15) is 97.2 Å². The summed E-state index contributed by atoms with van der Waals surface area (Å²) in [6.45, 7) is 13.9. The molecule has 0 radical (unpaired) electrons. The van der Waals surface area contributed by atoms with Gasteiger partial charge in [0.05, 0.1) is 0 Å². The van der Waals surface area contributed by atoms with Gasteiger partial charge in [0.1, 0.15) is 0 Å². The van der Waals surface area contributed by atoms with E-state index in [2.05, 4.69) is 290 Å². The maximum absolute atomic E-state index is 6.38. The Balaban J connectivity index is 0.000000128. The maximum atomic E-state index is 6.38. The van der Waals surface area contributed by atoms with E-state index in [9.17, 15) is 0 Å². The van der Waals surface area contributed by atoms with Crippen LogP contribution in [-0.2, 0) is 72.1 Å². The molecule has 556 valence electrons. The Morgan fingerprint density at radius 2 is 0.711 bits per heavy atom. The van der Waals surface area contributed by atoms with Crippen LogP contribution in [0.2, 0.25) is 20.1 Å². The molecule has 8 heteroatoms. The standard InChI is InChI=1S/C33H33.2C21H12Cl2.C21H13.2C5H5.2ClH.2Zr/c1-32(2,3)30-20-26-24(18-28(30)22-13-9-7-10-14-22)17-25-19-29(23-15-11-8-12-16-23)31(21-27(25)26)33(4,5)6;2*22-20-11-3-7-16-14(5-1-9-18(16)20)13-15-6-2-10-19-17(15)8-4-12-21(19)23;1-2-8-15-14(7-1)13-20-18-11-4-3-9-16(18)17-10-5-6-12-19(17)21(15)20;2*1-2-4-5-3-1;;;;/h7-16,18,20-21H,17H2,1-6H3;2*1-12H;1-10,12H,13H2;2*1-5H;2*1H;;/q-1;;;3*-1;;;2*+2. The number of halogens is 6. The summed E-state index contributed by atoms with van der Waals surface area (Å²) in [7, 11) is 0. The number of benzene rings is 16. The molecule has 0 saturated heterocycles. The van der Waals surface area contributed by atoms with E-state index in [0.29, 0.717) is 0 Å². The molecule has 0 spiro atoms. The van der Waals surface area contributed by atoms with Gasteiger partial charge in [-0.1, -0.05) is 185 Å². The molecule has 0 aliphatic heterocycles. The zero-order chi connectivity index (χ0) is 77.6. The molecule has 0 aromatic heterocycles. The zero-order valence-corrected chi connectivity index (χ0v) is 73.8. The third kappa shape index (κ3) is 17.7. The molecule has 114 heavy (non-hydrogen) atoms. The van der Waals surface area contributed by atoms with Gasteiger partial charge < -0.3 is 0 Å². The monoisotopic (exact) mass is 1740 g/mol. The van der Waals surface area contributed by atoms with Gasteiger partial charge in [-0.2, -0.15) is 36.4 Å². The Morgan fingerprint density at radius 3 is 1.16 bits per heavy atom. The summed E-state index contributed by atoms with van der Waals surface area (Å²) >= 11 is 28.2. The number of fused-ring (bicyclic) bond motifs is 15. The van der Waals surface area contributed by atoms with Gasteiger partial charge in [-0.15, -0.1) is 94.2 Å². The first-order chi connectivity index (χ1) is 54.4. The molecule has 0 amide bonds. The quantitative estimate of drug-likeness (QED) is 0.115. The smallest absolute Gasteiger partial charge is 0.0240 e. The van der Waals surface area contributed by atoms with Crippen molar-refractivity contribution in [2.45, 2.75) is 65.2 Å². The predicted octanol–water partition coefficient (Wildman–Crippen LogP) is 30.8. The summed E-state index contributed by atoms with van der Waals surface area (Å²) in [6.07, 6.45) is 1.96. The second-order valence-electron chi connectivity index (χ2n) is 30.3. The van der Waals surface area contributed by atoms with Crippen molar-refractivity contribution >= 4 is 142 Å². The molecule has 2 aliphatic carbocycles. The molecule has 2 aliphatic rings. The first-order valence-electron chi connectivity index (χ1n) is 37.9. The van der Waals surface area contributed by atoms with Crippen LogP contribution in [-0.4, -0.2) is 6.41 Å². The van der Waals surface area contributed by atoms with Crippen LogP contribution in [0.5, 0.6) is 0 Å². The second-order valence-corrected chi connectivity index (χ2v) is 34.4. The summed E-state index contributed by atoms with van der Waals surface area (Å²) in [6, 6.07) is 130. The van der Waals surface area contributed by atoms with Gasteiger partial charge in [0.15, 0.2) is 0 Å². The van der Waals surface area contributed by atoms with Gasteiger partial charge in [0.25, 0.3) is 0 Å². The van der Waals surface area contributed by atoms with Crippen molar-refractivity contribution in [2.75, 3.05) is 0 Å². The van der Waals surface area contributed by atoms with Crippen LogP contribution in [0.3, 0.4) is 0 Å². The van der Waals surface area contributed by atoms with E-state index in [1.807, 2.05) is 115 Å². The molecular formula is C106H82Cl6Zr2. The summed E-state index contributed by atoms with van der Waals surface area (Å²) in [5.41, 5.74) is 24.1. The van der Waals surface area contributed by atoms with Crippen LogP contribution in [0.4, 0.5) is 0 Å². The Morgan fingerprint density at radius 1 is 0.325 bits per heavy atom. The first kappa shape index (κ1) is 83.0. The second kappa shape index (κ2) is 36.9. The Kier molecular flexibility index (Phi) is 26.8. The van der Waals surface area contributed by atoms with E-state index in [-0.39, 0.29) is 35.6 Å². The van der Waals surface area contributed by atoms with Crippen LogP contribution >= 0.6 is 71.2 Å². The van der Waals surface area contributed by atoms with Crippen molar-refractivity contribution in [1.29, 1.82) is 0 Å². The number of rotatable bonds is 6. The normalized spacial score (nSPS) is 11.5. The molecule has 0 unspecified atom stereocenters. The van der Waals surface area contributed by atoms with E-state index in [4.69, 9.17) is 46.4 Å². The summed E-state index contributed by atoms with van der Waals surface area (Å²) in [5, 5.41) is 17.6. The van der Waals surface area contributed by atoms with Crippen LogP contribution in [0.15, 0.2) is 352 Å². The molecule has 0 bridgehead atoms. The summed E-state index contributed by atoms with van der Waals surface area (Å²) < 4.78 is 2.62. The van der Waals surface area contributed by atoms with Crippen LogP contribution < -0.4 is 0 Å². The molecule has 18 aromatic rings. The average molecular weight is 1750 g/mol. The summed E-state index contributed by atoms with van der Waals surface area (Å²) in [4.78, 5) is 0. The fraction of sp³-hybridized carbons (Fsp3) is 0.0943. The van der Waals surface area contributed by atoms with E-state index in [1.54, 1.807) is 0 Å². The van der Waals surface area contributed by atoms with Crippen molar-refractivity contribution in [3.63, 3.8) is 0 Å². The predicted molar refractivity (Wildman–Crippen MR) is 491 cm³/mol. The topological polar surface area (TPSA) is 0 Å². The third-order valence-corrected chi connectivity index (χ3v) is 25.1. The van der Waals surface area contributed by atoms with E-state index in [1.165, 1.54) is 198 Å². The molecule has 0 nitrogen and oxygen atoms in total. The average Bonchev–Trinajstić information content (AvgIpc) is 1.57.